The zero-order valence-corrected chi connectivity index (χ0v) is 14.8. The molecule has 0 bridgehead atoms. The number of para-hydroxylation sites is 3. The van der Waals surface area contributed by atoms with Crippen molar-refractivity contribution in [3.63, 3.8) is 0 Å². The maximum atomic E-state index is 12.6. The molecule has 26 heavy (non-hydrogen) atoms. The summed E-state index contributed by atoms with van der Waals surface area (Å²) in [7, 11) is 1.57. The Morgan fingerprint density at radius 2 is 1.77 bits per heavy atom. The third-order valence-corrected chi connectivity index (χ3v) is 4.47. The van der Waals surface area contributed by atoms with E-state index in [1.54, 1.807) is 24.1 Å². The van der Waals surface area contributed by atoms with Crippen molar-refractivity contribution in [2.45, 2.75) is 12.8 Å². The van der Waals surface area contributed by atoms with Crippen LogP contribution in [0.2, 0.25) is 0 Å². The molecular formula is C20H23N3O3. The smallest absolute Gasteiger partial charge is 0.321 e. The van der Waals surface area contributed by atoms with Gasteiger partial charge in [0.05, 0.1) is 18.7 Å². The molecule has 1 saturated heterocycles. The lowest BCUT2D eigenvalue weighted by molar-refractivity contribution is -0.121. The number of piperidine rings is 1. The van der Waals surface area contributed by atoms with Crippen LogP contribution in [-0.2, 0) is 4.79 Å². The molecule has 0 aromatic heterocycles. The lowest BCUT2D eigenvalue weighted by atomic mass is 9.97. The number of carbonyl (C=O) groups is 2. The Bertz CT molecular complexity index is 764. The summed E-state index contributed by atoms with van der Waals surface area (Å²) < 4.78 is 5.27. The standard InChI is InChI=1S/C20H23N3O3/c1-26-18-12-6-5-11-17(18)22-19(24)15-8-7-13-23(14-15)20(25)21-16-9-3-2-4-10-16/h2-6,9-12,15H,7-8,13-14H2,1H3,(H,21,25)(H,22,24). The monoisotopic (exact) mass is 353 g/mol. The molecule has 1 aliphatic rings. The molecule has 1 atom stereocenters. The molecule has 6 heteroatoms. The molecule has 2 aromatic rings. The van der Waals surface area contributed by atoms with E-state index >= 15 is 0 Å². The van der Waals surface area contributed by atoms with Gasteiger partial charge in [-0.25, -0.2) is 4.79 Å². The number of urea groups is 1. The number of amides is 3. The number of methoxy groups -OCH3 is 1. The molecule has 0 aliphatic carbocycles. The van der Waals surface area contributed by atoms with E-state index in [9.17, 15) is 9.59 Å². The van der Waals surface area contributed by atoms with Gasteiger partial charge in [0.1, 0.15) is 5.75 Å². The van der Waals surface area contributed by atoms with Crippen molar-refractivity contribution in [2.24, 2.45) is 5.92 Å². The van der Waals surface area contributed by atoms with Crippen LogP contribution in [0.1, 0.15) is 12.8 Å². The van der Waals surface area contributed by atoms with Crippen molar-refractivity contribution >= 4 is 23.3 Å². The Morgan fingerprint density at radius 1 is 1.04 bits per heavy atom. The fraction of sp³-hybridized carbons (Fsp3) is 0.300. The molecule has 3 rings (SSSR count). The quantitative estimate of drug-likeness (QED) is 0.883. The van der Waals surface area contributed by atoms with Gasteiger partial charge < -0.3 is 20.3 Å². The fourth-order valence-electron chi connectivity index (χ4n) is 3.08. The third kappa shape index (κ3) is 4.33. The van der Waals surface area contributed by atoms with E-state index < -0.39 is 0 Å². The summed E-state index contributed by atoms with van der Waals surface area (Å²) in [5.74, 6) is 0.289. The summed E-state index contributed by atoms with van der Waals surface area (Å²) in [5.41, 5.74) is 1.39. The van der Waals surface area contributed by atoms with Gasteiger partial charge in [0, 0.05) is 18.8 Å². The van der Waals surface area contributed by atoms with Gasteiger partial charge in [0.2, 0.25) is 5.91 Å². The molecule has 6 nitrogen and oxygen atoms in total. The minimum Gasteiger partial charge on any atom is -0.495 e. The number of likely N-dealkylation sites (tertiary alicyclic amines) is 1. The first-order valence-corrected chi connectivity index (χ1v) is 8.72. The second kappa shape index (κ2) is 8.38. The molecule has 1 fully saturated rings. The normalized spacial score (nSPS) is 16.7. The zero-order chi connectivity index (χ0) is 18.4. The van der Waals surface area contributed by atoms with Crippen LogP contribution in [0, 0.1) is 5.92 Å². The van der Waals surface area contributed by atoms with E-state index in [0.717, 1.165) is 18.5 Å². The summed E-state index contributed by atoms with van der Waals surface area (Å²) in [6.07, 6.45) is 1.56. The highest BCUT2D eigenvalue weighted by atomic mass is 16.5. The number of nitrogens with one attached hydrogen (secondary N) is 2. The maximum Gasteiger partial charge on any atom is 0.321 e. The molecule has 3 amide bonds. The van der Waals surface area contributed by atoms with E-state index in [-0.39, 0.29) is 17.9 Å². The van der Waals surface area contributed by atoms with Gasteiger partial charge in [0.15, 0.2) is 0 Å². The van der Waals surface area contributed by atoms with Gasteiger partial charge in [-0.15, -0.1) is 0 Å². The van der Waals surface area contributed by atoms with Gasteiger partial charge in [-0.2, -0.15) is 0 Å². The predicted molar refractivity (Wildman–Crippen MR) is 101 cm³/mol. The van der Waals surface area contributed by atoms with Crippen molar-refractivity contribution in [3.8, 4) is 5.75 Å². The second-order valence-corrected chi connectivity index (χ2v) is 6.27. The Labute approximate surface area is 153 Å². The van der Waals surface area contributed by atoms with Crippen LogP contribution in [0.25, 0.3) is 0 Å². The molecule has 1 heterocycles. The lowest BCUT2D eigenvalue weighted by Crippen LogP contribution is -2.45. The maximum absolute atomic E-state index is 12.6. The van der Waals surface area contributed by atoms with Crippen LogP contribution in [0.15, 0.2) is 54.6 Å². The average molecular weight is 353 g/mol. The third-order valence-electron chi connectivity index (χ3n) is 4.47. The van der Waals surface area contributed by atoms with Crippen molar-refractivity contribution in [1.29, 1.82) is 0 Å². The van der Waals surface area contributed by atoms with Crippen molar-refractivity contribution in [1.82, 2.24) is 4.90 Å². The highest BCUT2D eigenvalue weighted by Crippen LogP contribution is 2.25. The molecule has 0 spiro atoms. The van der Waals surface area contributed by atoms with Crippen LogP contribution in [0.3, 0.4) is 0 Å². The van der Waals surface area contributed by atoms with Crippen molar-refractivity contribution in [2.75, 3.05) is 30.8 Å². The number of hydrogen-bond acceptors (Lipinski definition) is 3. The number of ether oxygens (including phenoxy) is 1. The van der Waals surface area contributed by atoms with Crippen LogP contribution < -0.4 is 15.4 Å². The zero-order valence-electron chi connectivity index (χ0n) is 14.8. The fourth-order valence-corrected chi connectivity index (χ4v) is 3.08. The summed E-state index contributed by atoms with van der Waals surface area (Å²) in [6, 6.07) is 16.4. The summed E-state index contributed by atoms with van der Waals surface area (Å²) >= 11 is 0. The van der Waals surface area contributed by atoms with Crippen LogP contribution in [0.5, 0.6) is 5.75 Å². The first-order chi connectivity index (χ1) is 12.7. The molecular weight excluding hydrogens is 330 g/mol. The van der Waals surface area contributed by atoms with E-state index in [2.05, 4.69) is 10.6 Å². The largest absolute Gasteiger partial charge is 0.495 e. The van der Waals surface area contributed by atoms with E-state index in [1.165, 1.54) is 0 Å². The topological polar surface area (TPSA) is 70.7 Å². The Morgan fingerprint density at radius 3 is 2.54 bits per heavy atom. The van der Waals surface area contributed by atoms with E-state index in [4.69, 9.17) is 4.74 Å². The average Bonchev–Trinajstić information content (AvgIpc) is 2.69. The number of rotatable bonds is 4. The number of hydrogen-bond donors (Lipinski definition) is 2. The SMILES string of the molecule is COc1ccccc1NC(=O)C1CCCN(C(=O)Nc2ccccc2)C1. The Balaban J connectivity index is 1.60. The first-order valence-electron chi connectivity index (χ1n) is 8.72. The molecule has 136 valence electrons. The Hall–Kier alpha value is -3.02. The minimum absolute atomic E-state index is 0.0910. The number of anilines is 2. The second-order valence-electron chi connectivity index (χ2n) is 6.27. The van der Waals surface area contributed by atoms with Gasteiger partial charge >= 0.3 is 6.03 Å². The van der Waals surface area contributed by atoms with Gasteiger partial charge in [-0.3, -0.25) is 4.79 Å². The summed E-state index contributed by atoms with van der Waals surface area (Å²) in [5, 5.41) is 5.79. The molecule has 2 N–H and O–H groups in total. The number of carbonyl (C=O) groups excluding carboxylic acids is 2. The van der Waals surface area contributed by atoms with Crippen LogP contribution >= 0.6 is 0 Å². The predicted octanol–water partition coefficient (Wildman–Crippen LogP) is 3.58. The summed E-state index contributed by atoms with van der Waals surface area (Å²) in [4.78, 5) is 26.8. The Kier molecular flexibility index (Phi) is 5.73. The first kappa shape index (κ1) is 17.8. The van der Waals surface area contributed by atoms with Crippen LogP contribution in [-0.4, -0.2) is 37.0 Å². The van der Waals surface area contributed by atoms with Gasteiger partial charge in [-0.05, 0) is 37.1 Å². The highest BCUT2D eigenvalue weighted by Gasteiger charge is 2.28. The summed E-state index contributed by atoms with van der Waals surface area (Å²) in [6.45, 7) is 1.05. The van der Waals surface area contributed by atoms with E-state index in [0.29, 0.717) is 24.5 Å². The molecule has 0 saturated carbocycles. The van der Waals surface area contributed by atoms with Gasteiger partial charge in [-0.1, -0.05) is 30.3 Å². The van der Waals surface area contributed by atoms with Crippen molar-refractivity contribution in [3.05, 3.63) is 54.6 Å². The van der Waals surface area contributed by atoms with E-state index in [1.807, 2.05) is 42.5 Å². The number of benzene rings is 2. The molecule has 0 radical (unpaired) electrons. The highest BCUT2D eigenvalue weighted by molar-refractivity contribution is 5.95. The minimum atomic E-state index is -0.241. The lowest BCUT2D eigenvalue weighted by Gasteiger charge is -2.32. The van der Waals surface area contributed by atoms with Crippen LogP contribution in [0.4, 0.5) is 16.2 Å². The molecule has 1 aliphatic heterocycles. The molecule has 2 aromatic carbocycles. The van der Waals surface area contributed by atoms with Gasteiger partial charge in [0.25, 0.3) is 0 Å². The number of nitrogens with zero attached hydrogens (tertiary/aromatic N) is 1. The van der Waals surface area contributed by atoms with Crippen molar-refractivity contribution < 1.29 is 14.3 Å². The molecule has 1 unspecified atom stereocenters.